The Hall–Kier alpha value is -2.74. The average molecular weight is 273 g/mol. The van der Waals surface area contributed by atoms with Crippen LogP contribution in [0.5, 0.6) is 0 Å². The maximum absolute atomic E-state index is 5.58. The summed E-state index contributed by atoms with van der Waals surface area (Å²) in [6, 6.07) is 22.9. The van der Waals surface area contributed by atoms with Gasteiger partial charge in [-0.1, -0.05) is 54.6 Å². The molecule has 1 N–H and O–H groups in total. The number of benzene rings is 3. The molecule has 4 rings (SSSR count). The van der Waals surface area contributed by atoms with Crippen LogP contribution in [0.1, 0.15) is 5.56 Å². The molecular formula is C19H15NO. The molecule has 0 spiro atoms. The van der Waals surface area contributed by atoms with Gasteiger partial charge in [-0.15, -0.1) is 0 Å². The highest BCUT2D eigenvalue weighted by atomic mass is 16.3. The van der Waals surface area contributed by atoms with Crippen LogP contribution in [-0.4, -0.2) is 0 Å². The second-order valence-corrected chi connectivity index (χ2v) is 5.14. The maximum atomic E-state index is 5.58. The predicted molar refractivity (Wildman–Crippen MR) is 87.5 cm³/mol. The van der Waals surface area contributed by atoms with Crippen molar-refractivity contribution in [1.29, 1.82) is 0 Å². The van der Waals surface area contributed by atoms with Gasteiger partial charge in [-0.2, -0.15) is 0 Å². The Balaban J connectivity index is 1.67. The number of fused-ring (bicyclic) bond motifs is 2. The molecule has 1 aromatic heterocycles. The first-order valence-electron chi connectivity index (χ1n) is 7.08. The maximum Gasteiger partial charge on any atom is 0.134 e. The second kappa shape index (κ2) is 4.98. The molecule has 0 atom stereocenters. The van der Waals surface area contributed by atoms with E-state index in [1.165, 1.54) is 21.7 Å². The number of rotatable bonds is 3. The summed E-state index contributed by atoms with van der Waals surface area (Å²) < 4.78 is 5.58. The molecule has 2 heteroatoms. The fourth-order valence-corrected chi connectivity index (χ4v) is 2.74. The van der Waals surface area contributed by atoms with E-state index in [1.54, 1.807) is 0 Å². The lowest BCUT2D eigenvalue weighted by Crippen LogP contribution is -1.99. The van der Waals surface area contributed by atoms with Crippen molar-refractivity contribution in [3.8, 4) is 0 Å². The molecule has 102 valence electrons. The van der Waals surface area contributed by atoms with Crippen LogP contribution in [-0.2, 0) is 6.54 Å². The number of hydrogen-bond acceptors (Lipinski definition) is 2. The largest absolute Gasteiger partial charge is 0.464 e. The lowest BCUT2D eigenvalue weighted by molar-refractivity contribution is 0.611. The summed E-state index contributed by atoms with van der Waals surface area (Å²) in [5.41, 5.74) is 3.27. The molecule has 0 radical (unpaired) electrons. The molecule has 0 saturated heterocycles. The van der Waals surface area contributed by atoms with Crippen LogP contribution in [0.15, 0.2) is 77.4 Å². The van der Waals surface area contributed by atoms with Crippen LogP contribution in [0, 0.1) is 0 Å². The van der Waals surface area contributed by atoms with Gasteiger partial charge < -0.3 is 9.73 Å². The molecule has 3 aromatic carbocycles. The van der Waals surface area contributed by atoms with Crippen molar-refractivity contribution in [2.24, 2.45) is 0 Å². The number of nitrogens with one attached hydrogen (secondary N) is 1. The van der Waals surface area contributed by atoms with Crippen molar-refractivity contribution < 1.29 is 4.42 Å². The van der Waals surface area contributed by atoms with E-state index < -0.39 is 0 Å². The van der Waals surface area contributed by atoms with E-state index in [9.17, 15) is 0 Å². The third kappa shape index (κ3) is 2.15. The molecule has 4 aromatic rings. The predicted octanol–water partition coefficient (Wildman–Crippen LogP) is 5.20. The van der Waals surface area contributed by atoms with Crippen LogP contribution in [0.3, 0.4) is 0 Å². The Bertz CT molecular complexity index is 902. The third-order valence-corrected chi connectivity index (χ3v) is 3.82. The monoisotopic (exact) mass is 273 g/mol. The molecule has 2 nitrogen and oxygen atoms in total. The summed E-state index contributed by atoms with van der Waals surface area (Å²) in [5, 5.41) is 7.19. The van der Waals surface area contributed by atoms with Gasteiger partial charge >= 0.3 is 0 Å². The van der Waals surface area contributed by atoms with E-state index in [-0.39, 0.29) is 0 Å². The first-order valence-corrected chi connectivity index (χ1v) is 7.08. The molecule has 21 heavy (non-hydrogen) atoms. The fourth-order valence-electron chi connectivity index (χ4n) is 2.74. The van der Waals surface area contributed by atoms with Gasteiger partial charge in [-0.25, -0.2) is 0 Å². The number of furan rings is 1. The third-order valence-electron chi connectivity index (χ3n) is 3.82. The number of para-hydroxylation sites is 1. The first-order chi connectivity index (χ1) is 10.4. The number of anilines is 1. The first kappa shape index (κ1) is 12.0. The Morgan fingerprint density at radius 3 is 2.48 bits per heavy atom. The van der Waals surface area contributed by atoms with Gasteiger partial charge in [0.15, 0.2) is 0 Å². The van der Waals surface area contributed by atoms with E-state index in [1.807, 2.05) is 24.5 Å². The van der Waals surface area contributed by atoms with Crippen molar-refractivity contribution in [2.45, 2.75) is 6.54 Å². The minimum absolute atomic E-state index is 0.755. The second-order valence-electron chi connectivity index (χ2n) is 5.14. The van der Waals surface area contributed by atoms with E-state index in [0.29, 0.717) is 0 Å². The number of hydrogen-bond donors (Lipinski definition) is 1. The van der Waals surface area contributed by atoms with Gasteiger partial charge in [0, 0.05) is 28.6 Å². The SMILES string of the molecule is c1ccc2c(NCc3coc4ccccc34)cccc2c1. The van der Waals surface area contributed by atoms with Crippen LogP contribution in [0.25, 0.3) is 21.7 Å². The van der Waals surface area contributed by atoms with E-state index in [4.69, 9.17) is 4.42 Å². The van der Waals surface area contributed by atoms with Gasteiger partial charge in [0.2, 0.25) is 0 Å². The van der Waals surface area contributed by atoms with E-state index in [2.05, 4.69) is 53.8 Å². The standard InChI is InChI=1S/C19H15NO/c1-2-8-16-14(6-1)7-5-10-18(16)20-12-15-13-21-19-11-4-3-9-17(15)19/h1-11,13,20H,12H2. The van der Waals surface area contributed by atoms with Crippen molar-refractivity contribution in [2.75, 3.05) is 5.32 Å². The summed E-state index contributed by atoms with van der Waals surface area (Å²) in [6.45, 7) is 0.755. The summed E-state index contributed by atoms with van der Waals surface area (Å²) >= 11 is 0. The van der Waals surface area contributed by atoms with Crippen LogP contribution in [0.4, 0.5) is 5.69 Å². The average Bonchev–Trinajstić information content (AvgIpc) is 2.96. The smallest absolute Gasteiger partial charge is 0.134 e. The molecule has 1 heterocycles. The quantitative estimate of drug-likeness (QED) is 0.555. The van der Waals surface area contributed by atoms with Crippen molar-refractivity contribution >= 4 is 27.4 Å². The minimum Gasteiger partial charge on any atom is -0.464 e. The molecule has 0 saturated carbocycles. The molecule has 0 aliphatic heterocycles. The molecule has 0 bridgehead atoms. The zero-order valence-electron chi connectivity index (χ0n) is 11.5. The van der Waals surface area contributed by atoms with Crippen LogP contribution in [0.2, 0.25) is 0 Å². The summed E-state index contributed by atoms with van der Waals surface area (Å²) in [4.78, 5) is 0. The van der Waals surface area contributed by atoms with Crippen molar-refractivity contribution in [3.05, 3.63) is 78.6 Å². The molecule has 0 amide bonds. The Morgan fingerprint density at radius 1 is 0.762 bits per heavy atom. The Kier molecular flexibility index (Phi) is 2.86. The van der Waals surface area contributed by atoms with Gasteiger partial charge in [0.05, 0.1) is 6.26 Å². The van der Waals surface area contributed by atoms with Gasteiger partial charge in [0.1, 0.15) is 5.58 Å². The van der Waals surface area contributed by atoms with Gasteiger partial charge in [-0.3, -0.25) is 0 Å². The topological polar surface area (TPSA) is 25.2 Å². The Morgan fingerprint density at radius 2 is 1.52 bits per heavy atom. The Labute approximate surface area is 123 Å². The zero-order valence-corrected chi connectivity index (χ0v) is 11.5. The fraction of sp³-hybridized carbons (Fsp3) is 0.0526. The van der Waals surface area contributed by atoms with E-state index in [0.717, 1.165) is 17.8 Å². The van der Waals surface area contributed by atoms with E-state index >= 15 is 0 Å². The highest BCUT2D eigenvalue weighted by Crippen LogP contribution is 2.25. The molecule has 0 aliphatic carbocycles. The lowest BCUT2D eigenvalue weighted by atomic mass is 10.1. The molecule has 0 aliphatic rings. The van der Waals surface area contributed by atoms with Crippen molar-refractivity contribution in [1.82, 2.24) is 0 Å². The normalized spacial score (nSPS) is 11.0. The summed E-state index contributed by atoms with van der Waals surface area (Å²) in [7, 11) is 0. The summed E-state index contributed by atoms with van der Waals surface area (Å²) in [6.07, 6.45) is 1.84. The van der Waals surface area contributed by atoms with Crippen molar-refractivity contribution in [3.63, 3.8) is 0 Å². The lowest BCUT2D eigenvalue weighted by Gasteiger charge is -2.09. The minimum atomic E-state index is 0.755. The zero-order chi connectivity index (χ0) is 14.1. The van der Waals surface area contributed by atoms with Gasteiger partial charge in [0.25, 0.3) is 0 Å². The summed E-state index contributed by atoms with van der Waals surface area (Å²) in [5.74, 6) is 0. The highest BCUT2D eigenvalue weighted by Gasteiger charge is 2.05. The molecule has 0 fully saturated rings. The van der Waals surface area contributed by atoms with Crippen LogP contribution < -0.4 is 5.32 Å². The molecule has 0 unspecified atom stereocenters. The molecular weight excluding hydrogens is 258 g/mol. The van der Waals surface area contributed by atoms with Crippen LogP contribution >= 0.6 is 0 Å². The van der Waals surface area contributed by atoms with Gasteiger partial charge in [-0.05, 0) is 17.5 Å². The highest BCUT2D eigenvalue weighted by molar-refractivity contribution is 5.94.